The quantitative estimate of drug-likeness (QED) is 0.940. The highest BCUT2D eigenvalue weighted by Gasteiger charge is 2.27. The predicted molar refractivity (Wildman–Crippen MR) is 94.8 cm³/mol. The molecule has 1 fully saturated rings. The van der Waals surface area contributed by atoms with Crippen molar-refractivity contribution in [1.29, 1.82) is 0 Å². The van der Waals surface area contributed by atoms with E-state index >= 15 is 0 Å². The Hall–Kier alpha value is -2.17. The second-order valence-corrected chi connectivity index (χ2v) is 6.28. The van der Waals surface area contributed by atoms with Crippen molar-refractivity contribution >= 4 is 5.91 Å². The molecule has 4 heteroatoms. The lowest BCUT2D eigenvalue weighted by atomic mass is 10.0. The fraction of sp³-hybridized carbons (Fsp3) is 0.350. The van der Waals surface area contributed by atoms with Gasteiger partial charge in [0.05, 0.1) is 18.8 Å². The maximum Gasteiger partial charge on any atom is 0.251 e. The lowest BCUT2D eigenvalue weighted by Crippen LogP contribution is -2.43. The van der Waals surface area contributed by atoms with Gasteiger partial charge in [0.15, 0.2) is 0 Å². The van der Waals surface area contributed by atoms with Gasteiger partial charge in [-0.2, -0.15) is 0 Å². The van der Waals surface area contributed by atoms with Crippen LogP contribution in [-0.4, -0.2) is 37.1 Å². The fourth-order valence-electron chi connectivity index (χ4n) is 3.17. The normalized spacial score (nSPS) is 21.4. The topological polar surface area (TPSA) is 41.6 Å². The van der Waals surface area contributed by atoms with Crippen molar-refractivity contribution in [3.05, 3.63) is 71.3 Å². The van der Waals surface area contributed by atoms with E-state index in [0.717, 1.165) is 13.1 Å². The van der Waals surface area contributed by atoms with Gasteiger partial charge in [-0.3, -0.25) is 9.69 Å². The maximum atomic E-state index is 11.7. The van der Waals surface area contributed by atoms with Gasteiger partial charge in [0.2, 0.25) is 0 Å². The smallest absolute Gasteiger partial charge is 0.251 e. The van der Waals surface area contributed by atoms with Gasteiger partial charge < -0.3 is 10.1 Å². The van der Waals surface area contributed by atoms with E-state index < -0.39 is 0 Å². The average Bonchev–Trinajstić information content (AvgIpc) is 2.62. The van der Waals surface area contributed by atoms with Gasteiger partial charge in [-0.15, -0.1) is 0 Å². The first-order chi connectivity index (χ1) is 11.7. The second kappa shape index (κ2) is 7.60. The van der Waals surface area contributed by atoms with E-state index in [1.54, 1.807) is 7.05 Å². The number of hydrogen-bond acceptors (Lipinski definition) is 3. The molecule has 2 aromatic rings. The van der Waals surface area contributed by atoms with Gasteiger partial charge in [0.1, 0.15) is 0 Å². The van der Waals surface area contributed by atoms with Crippen LogP contribution in [0.15, 0.2) is 54.6 Å². The van der Waals surface area contributed by atoms with Crippen LogP contribution in [-0.2, 0) is 11.3 Å². The molecular formula is C20H24N2O2. The van der Waals surface area contributed by atoms with E-state index in [9.17, 15) is 4.79 Å². The van der Waals surface area contributed by atoms with E-state index in [2.05, 4.69) is 41.4 Å². The lowest BCUT2D eigenvalue weighted by Gasteiger charge is -2.39. The molecule has 1 N–H and O–H groups in total. The van der Waals surface area contributed by atoms with Crippen molar-refractivity contribution in [2.75, 3.05) is 20.2 Å². The fourth-order valence-corrected chi connectivity index (χ4v) is 3.17. The molecule has 24 heavy (non-hydrogen) atoms. The summed E-state index contributed by atoms with van der Waals surface area (Å²) >= 11 is 0. The molecular weight excluding hydrogens is 300 g/mol. The molecule has 126 valence electrons. The summed E-state index contributed by atoms with van der Waals surface area (Å²) in [5.74, 6) is -0.0521. The molecule has 0 unspecified atom stereocenters. The Balaban J connectivity index is 1.76. The number of nitrogens with zero attached hydrogens (tertiary/aromatic N) is 1. The largest absolute Gasteiger partial charge is 0.375 e. The number of hydrogen-bond donors (Lipinski definition) is 1. The highest BCUT2D eigenvalue weighted by Crippen LogP contribution is 2.27. The molecule has 0 saturated carbocycles. The molecule has 1 heterocycles. The number of amides is 1. The van der Waals surface area contributed by atoms with Crippen LogP contribution in [0.2, 0.25) is 0 Å². The maximum absolute atomic E-state index is 11.7. The van der Waals surface area contributed by atoms with Gasteiger partial charge in [-0.1, -0.05) is 42.5 Å². The number of carbonyl (C=O) groups is 1. The second-order valence-electron chi connectivity index (χ2n) is 6.28. The molecule has 0 aliphatic carbocycles. The van der Waals surface area contributed by atoms with Crippen LogP contribution >= 0.6 is 0 Å². The minimum absolute atomic E-state index is 0.0521. The van der Waals surface area contributed by atoms with Crippen LogP contribution in [0.5, 0.6) is 0 Å². The predicted octanol–water partition coefficient (Wildman–Crippen LogP) is 3.01. The van der Waals surface area contributed by atoms with Crippen LogP contribution in [0.25, 0.3) is 0 Å². The molecule has 0 aromatic heterocycles. The van der Waals surface area contributed by atoms with Crippen molar-refractivity contribution < 1.29 is 9.53 Å². The van der Waals surface area contributed by atoms with Gasteiger partial charge in [0, 0.05) is 25.7 Å². The summed E-state index contributed by atoms with van der Waals surface area (Å²) in [5.41, 5.74) is 3.18. The first-order valence-corrected chi connectivity index (χ1v) is 8.39. The summed E-state index contributed by atoms with van der Waals surface area (Å²) in [6, 6.07) is 18.6. The van der Waals surface area contributed by atoms with Crippen molar-refractivity contribution in [3.63, 3.8) is 0 Å². The summed E-state index contributed by atoms with van der Waals surface area (Å²) < 4.78 is 5.88. The molecule has 0 radical (unpaired) electrons. The molecule has 0 bridgehead atoms. The highest BCUT2D eigenvalue weighted by molar-refractivity contribution is 5.93. The molecule has 2 atom stereocenters. The summed E-state index contributed by atoms with van der Waals surface area (Å²) in [5, 5.41) is 2.65. The molecule has 1 aliphatic rings. The number of ether oxygens (including phenoxy) is 1. The minimum Gasteiger partial charge on any atom is -0.375 e. The monoisotopic (exact) mass is 324 g/mol. The Morgan fingerprint density at radius 3 is 2.54 bits per heavy atom. The SMILES string of the molecule is CNC(=O)c1ccc(CN2C[C@H](C)OC[C@H]2c2ccccc2)cc1. The first kappa shape index (κ1) is 16.7. The summed E-state index contributed by atoms with van der Waals surface area (Å²) in [4.78, 5) is 14.1. The van der Waals surface area contributed by atoms with Gasteiger partial charge >= 0.3 is 0 Å². The molecule has 1 aliphatic heterocycles. The lowest BCUT2D eigenvalue weighted by molar-refractivity contribution is -0.0597. The standard InChI is InChI=1S/C20H24N2O2/c1-15-12-22(19(14-24-15)17-6-4-3-5-7-17)13-16-8-10-18(11-9-16)20(23)21-2/h3-11,15,19H,12-14H2,1-2H3,(H,21,23)/t15-,19-/m0/s1. The van der Waals surface area contributed by atoms with E-state index in [1.807, 2.05) is 30.3 Å². The third kappa shape index (κ3) is 3.83. The van der Waals surface area contributed by atoms with Crippen LogP contribution in [0, 0.1) is 0 Å². The van der Waals surface area contributed by atoms with E-state index in [0.29, 0.717) is 12.2 Å². The number of nitrogens with one attached hydrogen (secondary N) is 1. The third-order valence-electron chi connectivity index (χ3n) is 4.48. The molecule has 1 saturated heterocycles. The van der Waals surface area contributed by atoms with E-state index in [4.69, 9.17) is 4.74 Å². The number of benzene rings is 2. The Bertz CT molecular complexity index is 670. The first-order valence-electron chi connectivity index (χ1n) is 8.39. The Kier molecular flexibility index (Phi) is 5.28. The minimum atomic E-state index is -0.0521. The average molecular weight is 324 g/mol. The molecule has 0 spiro atoms. The zero-order chi connectivity index (χ0) is 16.9. The number of morpholine rings is 1. The van der Waals surface area contributed by atoms with Crippen LogP contribution in [0.1, 0.15) is 34.5 Å². The molecule has 4 nitrogen and oxygen atoms in total. The summed E-state index contributed by atoms with van der Waals surface area (Å²) in [6.45, 7) is 4.57. The summed E-state index contributed by atoms with van der Waals surface area (Å²) in [7, 11) is 1.65. The van der Waals surface area contributed by atoms with Crippen molar-refractivity contribution in [2.45, 2.75) is 25.6 Å². The Morgan fingerprint density at radius 2 is 1.88 bits per heavy atom. The van der Waals surface area contributed by atoms with Gasteiger partial charge in [-0.05, 0) is 30.2 Å². The zero-order valence-electron chi connectivity index (χ0n) is 14.2. The van der Waals surface area contributed by atoms with Crippen molar-refractivity contribution in [3.8, 4) is 0 Å². The Labute approximate surface area is 143 Å². The van der Waals surface area contributed by atoms with Crippen molar-refractivity contribution in [2.24, 2.45) is 0 Å². The highest BCUT2D eigenvalue weighted by atomic mass is 16.5. The van der Waals surface area contributed by atoms with Crippen LogP contribution in [0.4, 0.5) is 0 Å². The number of rotatable bonds is 4. The van der Waals surface area contributed by atoms with E-state index in [1.165, 1.54) is 11.1 Å². The molecule has 1 amide bonds. The third-order valence-corrected chi connectivity index (χ3v) is 4.48. The molecule has 2 aromatic carbocycles. The van der Waals surface area contributed by atoms with E-state index in [-0.39, 0.29) is 18.1 Å². The summed E-state index contributed by atoms with van der Waals surface area (Å²) in [6.07, 6.45) is 0.232. The van der Waals surface area contributed by atoms with Crippen molar-refractivity contribution in [1.82, 2.24) is 10.2 Å². The molecule has 3 rings (SSSR count). The number of carbonyl (C=O) groups excluding carboxylic acids is 1. The Morgan fingerprint density at radius 1 is 1.17 bits per heavy atom. The van der Waals surface area contributed by atoms with Gasteiger partial charge in [-0.25, -0.2) is 0 Å². The van der Waals surface area contributed by atoms with Crippen LogP contribution in [0.3, 0.4) is 0 Å². The zero-order valence-corrected chi connectivity index (χ0v) is 14.2. The van der Waals surface area contributed by atoms with Gasteiger partial charge in [0.25, 0.3) is 5.91 Å². The van der Waals surface area contributed by atoms with Crippen LogP contribution < -0.4 is 5.32 Å².